The van der Waals surface area contributed by atoms with E-state index >= 15 is 0 Å². The fourth-order valence-corrected chi connectivity index (χ4v) is 4.70. The number of hydrogen-bond donors (Lipinski definition) is 1. The van der Waals surface area contributed by atoms with Gasteiger partial charge >= 0.3 is 0 Å². The highest BCUT2D eigenvalue weighted by molar-refractivity contribution is 7.12. The number of thiophene rings is 1. The molecule has 0 spiro atoms. The highest BCUT2D eigenvalue weighted by atomic mass is 32.1. The lowest BCUT2D eigenvalue weighted by atomic mass is 10.1. The Kier molecular flexibility index (Phi) is 5.77. The lowest BCUT2D eigenvalue weighted by Crippen LogP contribution is -2.40. The quantitative estimate of drug-likeness (QED) is 0.801. The number of amides is 2. The number of nitrogens with one attached hydrogen (secondary N) is 1. The molecule has 0 aliphatic carbocycles. The van der Waals surface area contributed by atoms with E-state index in [1.807, 2.05) is 11.4 Å². The van der Waals surface area contributed by atoms with Gasteiger partial charge in [0.15, 0.2) is 0 Å². The maximum atomic E-state index is 12.8. The minimum Gasteiger partial charge on any atom is -0.384 e. The van der Waals surface area contributed by atoms with E-state index in [1.54, 1.807) is 23.0 Å². The number of likely N-dealkylation sites (tertiary alicyclic amines) is 1. The number of fused-ring (bicyclic) bond motifs is 1. The maximum Gasteiger partial charge on any atom is 0.264 e. The van der Waals surface area contributed by atoms with Gasteiger partial charge < -0.3 is 19.5 Å². The van der Waals surface area contributed by atoms with Crippen molar-refractivity contribution in [2.24, 2.45) is 0 Å². The number of nitrogens with zero attached hydrogens (tertiary/aromatic N) is 3. The number of H-pyrrole nitrogens is 1. The molecule has 154 valence electrons. The van der Waals surface area contributed by atoms with E-state index in [9.17, 15) is 14.4 Å². The largest absolute Gasteiger partial charge is 0.384 e. The molecule has 0 saturated carbocycles. The van der Waals surface area contributed by atoms with Gasteiger partial charge in [0.1, 0.15) is 5.82 Å². The summed E-state index contributed by atoms with van der Waals surface area (Å²) in [4.78, 5) is 49.6. The summed E-state index contributed by atoms with van der Waals surface area (Å²) in [6, 6.07) is 3.43. The van der Waals surface area contributed by atoms with Gasteiger partial charge in [-0.1, -0.05) is 6.07 Å². The van der Waals surface area contributed by atoms with Gasteiger partial charge in [0.2, 0.25) is 5.91 Å². The van der Waals surface area contributed by atoms with Crippen LogP contribution in [-0.2, 0) is 22.5 Å². The topological polar surface area (TPSA) is 95.6 Å². The second-order valence-corrected chi connectivity index (χ2v) is 8.27. The number of carbonyl (C=O) groups excluding carboxylic acids is 2. The number of aromatic nitrogens is 2. The number of carbonyl (C=O) groups is 2. The highest BCUT2D eigenvalue weighted by Crippen LogP contribution is 2.30. The van der Waals surface area contributed by atoms with Crippen LogP contribution in [0.25, 0.3) is 0 Å². The van der Waals surface area contributed by atoms with Crippen LogP contribution in [0.4, 0.5) is 0 Å². The van der Waals surface area contributed by atoms with Crippen molar-refractivity contribution in [2.45, 2.75) is 38.3 Å². The van der Waals surface area contributed by atoms with E-state index in [-0.39, 0.29) is 30.0 Å². The first kappa shape index (κ1) is 19.8. The van der Waals surface area contributed by atoms with Crippen LogP contribution in [0.5, 0.6) is 0 Å². The molecule has 2 aliphatic heterocycles. The number of hydrogen-bond acceptors (Lipinski definition) is 6. The minimum atomic E-state index is -0.218. The summed E-state index contributed by atoms with van der Waals surface area (Å²) < 4.78 is 5.01. The van der Waals surface area contributed by atoms with Crippen molar-refractivity contribution in [3.8, 4) is 0 Å². The van der Waals surface area contributed by atoms with Gasteiger partial charge in [-0.2, -0.15) is 0 Å². The molecular weight excluding hydrogens is 392 g/mol. The fourth-order valence-electron chi connectivity index (χ4n) is 4.01. The van der Waals surface area contributed by atoms with Crippen molar-refractivity contribution >= 4 is 23.2 Å². The number of methoxy groups -OCH3 is 1. The standard InChI is InChI=1S/C20H24N4O4S/c1-28-10-7-17(25)24-8-2-4-15(24)18-21-14-6-9-23(12-13(14)19(26)22-18)20(27)16-5-3-11-29-16/h3,5,11,15H,2,4,6-10,12H2,1H3,(H,21,22,26)/t15-/m1/s1. The van der Waals surface area contributed by atoms with E-state index in [4.69, 9.17) is 9.72 Å². The molecule has 1 fully saturated rings. The molecule has 1 atom stereocenters. The Morgan fingerprint density at radius 3 is 3.00 bits per heavy atom. The van der Waals surface area contributed by atoms with Gasteiger partial charge in [0.05, 0.1) is 41.7 Å². The minimum absolute atomic E-state index is 0.0161. The normalized spacial score (nSPS) is 18.7. The molecule has 0 radical (unpaired) electrons. The highest BCUT2D eigenvalue weighted by Gasteiger charge is 2.33. The summed E-state index contributed by atoms with van der Waals surface area (Å²) in [6.45, 7) is 1.83. The summed E-state index contributed by atoms with van der Waals surface area (Å²) in [5.41, 5.74) is 1.06. The lowest BCUT2D eigenvalue weighted by Gasteiger charge is -2.29. The Hall–Kier alpha value is -2.52. The fraction of sp³-hybridized carbons (Fsp3) is 0.500. The van der Waals surface area contributed by atoms with Gasteiger partial charge in [-0.3, -0.25) is 14.4 Å². The Morgan fingerprint density at radius 1 is 1.38 bits per heavy atom. The zero-order valence-corrected chi connectivity index (χ0v) is 17.2. The molecule has 2 aliphatic rings. The second-order valence-electron chi connectivity index (χ2n) is 7.32. The van der Waals surface area contributed by atoms with Crippen LogP contribution in [0.1, 0.15) is 52.1 Å². The molecule has 2 aromatic rings. The third-order valence-corrected chi connectivity index (χ3v) is 6.37. The van der Waals surface area contributed by atoms with Crippen LogP contribution < -0.4 is 5.56 Å². The first-order valence-corrected chi connectivity index (χ1v) is 10.7. The van der Waals surface area contributed by atoms with Gasteiger partial charge in [0, 0.05) is 26.6 Å². The monoisotopic (exact) mass is 416 g/mol. The third-order valence-electron chi connectivity index (χ3n) is 5.51. The molecular formula is C20H24N4O4S. The zero-order valence-electron chi connectivity index (χ0n) is 16.3. The van der Waals surface area contributed by atoms with Crippen LogP contribution in [0.3, 0.4) is 0 Å². The molecule has 2 amide bonds. The summed E-state index contributed by atoms with van der Waals surface area (Å²) >= 11 is 1.40. The predicted molar refractivity (Wildman–Crippen MR) is 108 cm³/mol. The molecule has 0 unspecified atom stereocenters. The van der Waals surface area contributed by atoms with Crippen LogP contribution in [-0.4, -0.2) is 58.4 Å². The molecule has 1 saturated heterocycles. The number of aromatic amines is 1. The van der Waals surface area contributed by atoms with Gasteiger partial charge in [-0.05, 0) is 24.3 Å². The summed E-state index contributed by atoms with van der Waals surface area (Å²) in [7, 11) is 1.57. The average Bonchev–Trinajstić information content (AvgIpc) is 3.43. The van der Waals surface area contributed by atoms with E-state index in [2.05, 4.69) is 4.98 Å². The van der Waals surface area contributed by atoms with E-state index in [1.165, 1.54) is 11.3 Å². The van der Waals surface area contributed by atoms with Crippen LogP contribution in [0, 0.1) is 0 Å². The Labute approximate surface area is 172 Å². The summed E-state index contributed by atoms with van der Waals surface area (Å²) in [5, 5.41) is 1.87. The van der Waals surface area contributed by atoms with Gasteiger partial charge in [-0.15, -0.1) is 11.3 Å². The molecule has 9 heteroatoms. The molecule has 29 heavy (non-hydrogen) atoms. The first-order valence-electron chi connectivity index (χ1n) is 9.81. The first-order chi connectivity index (χ1) is 14.1. The number of rotatable bonds is 5. The molecule has 2 aromatic heterocycles. The number of ether oxygens (including phenoxy) is 1. The van der Waals surface area contributed by atoms with Gasteiger partial charge in [0.25, 0.3) is 11.5 Å². The summed E-state index contributed by atoms with van der Waals surface area (Å²) in [6.07, 6.45) is 2.52. The SMILES string of the molecule is COCCC(=O)N1CCC[C@@H]1c1nc2c(c(=O)[nH]1)CN(C(=O)c1cccs1)CC2. The van der Waals surface area contributed by atoms with Crippen molar-refractivity contribution < 1.29 is 14.3 Å². The predicted octanol–water partition coefficient (Wildman–Crippen LogP) is 1.73. The molecule has 0 aromatic carbocycles. The van der Waals surface area contributed by atoms with E-state index < -0.39 is 0 Å². The maximum absolute atomic E-state index is 12.8. The average molecular weight is 417 g/mol. The van der Waals surface area contributed by atoms with Crippen LogP contribution in [0.15, 0.2) is 22.3 Å². The second kappa shape index (κ2) is 8.46. The van der Waals surface area contributed by atoms with E-state index in [0.29, 0.717) is 48.8 Å². The van der Waals surface area contributed by atoms with Crippen molar-refractivity contribution in [1.29, 1.82) is 0 Å². The Balaban J connectivity index is 1.54. The van der Waals surface area contributed by atoms with Crippen molar-refractivity contribution in [3.63, 3.8) is 0 Å². The van der Waals surface area contributed by atoms with Crippen LogP contribution in [0.2, 0.25) is 0 Å². The van der Waals surface area contributed by atoms with Gasteiger partial charge in [-0.25, -0.2) is 4.98 Å². The Morgan fingerprint density at radius 2 is 2.24 bits per heavy atom. The lowest BCUT2D eigenvalue weighted by molar-refractivity contribution is -0.133. The van der Waals surface area contributed by atoms with Crippen molar-refractivity contribution in [2.75, 3.05) is 26.8 Å². The van der Waals surface area contributed by atoms with Crippen molar-refractivity contribution in [1.82, 2.24) is 19.8 Å². The molecule has 8 nitrogen and oxygen atoms in total. The van der Waals surface area contributed by atoms with Crippen LogP contribution >= 0.6 is 11.3 Å². The van der Waals surface area contributed by atoms with Crippen molar-refractivity contribution in [3.05, 3.63) is 49.8 Å². The molecule has 1 N–H and O–H groups in total. The summed E-state index contributed by atoms with van der Waals surface area (Å²) in [5.74, 6) is 0.511. The molecule has 4 rings (SSSR count). The Bertz CT molecular complexity index is 956. The van der Waals surface area contributed by atoms with E-state index in [0.717, 1.165) is 18.5 Å². The smallest absolute Gasteiger partial charge is 0.264 e. The molecule has 0 bridgehead atoms. The molecule has 4 heterocycles. The third kappa shape index (κ3) is 3.97. The zero-order chi connectivity index (χ0) is 20.4.